The molecule has 1 N–H and O–H groups in total. The van der Waals surface area contributed by atoms with E-state index in [0.717, 1.165) is 48.3 Å². The van der Waals surface area contributed by atoms with Gasteiger partial charge in [-0.25, -0.2) is 13.4 Å². The lowest BCUT2D eigenvalue weighted by Crippen LogP contribution is -2.13. The maximum Gasteiger partial charge on any atom is 0.261 e. The van der Waals surface area contributed by atoms with E-state index in [-0.39, 0.29) is 4.90 Å². The van der Waals surface area contributed by atoms with E-state index in [0.29, 0.717) is 11.6 Å². The number of aryl methyl sites for hydroxylation is 3. The van der Waals surface area contributed by atoms with Crippen molar-refractivity contribution in [2.45, 2.75) is 57.4 Å². The van der Waals surface area contributed by atoms with Crippen LogP contribution in [0.3, 0.4) is 0 Å². The molecule has 0 saturated carbocycles. The molecule has 6 heteroatoms. The van der Waals surface area contributed by atoms with Crippen LogP contribution in [-0.4, -0.2) is 18.0 Å². The molecule has 0 aliphatic heterocycles. The number of imidazole rings is 1. The molecule has 1 aromatic heterocycles. The zero-order valence-corrected chi connectivity index (χ0v) is 20.3. The zero-order chi connectivity index (χ0) is 23.4. The van der Waals surface area contributed by atoms with Crippen molar-refractivity contribution in [3.8, 4) is 0 Å². The van der Waals surface area contributed by atoms with E-state index in [1.54, 1.807) is 12.1 Å². The zero-order valence-electron chi connectivity index (χ0n) is 19.5. The van der Waals surface area contributed by atoms with E-state index in [9.17, 15) is 8.42 Å². The fourth-order valence-corrected chi connectivity index (χ4v) is 5.09. The maximum atomic E-state index is 12.7. The highest BCUT2D eigenvalue weighted by atomic mass is 32.2. The Hall–Kier alpha value is -3.12. The third-order valence-electron chi connectivity index (χ3n) is 5.88. The van der Waals surface area contributed by atoms with Gasteiger partial charge in [-0.2, -0.15) is 0 Å². The highest BCUT2D eigenvalue weighted by molar-refractivity contribution is 7.92. The first-order valence-corrected chi connectivity index (χ1v) is 13.0. The van der Waals surface area contributed by atoms with E-state index in [2.05, 4.69) is 48.3 Å². The molecule has 172 valence electrons. The van der Waals surface area contributed by atoms with Crippen LogP contribution in [0.2, 0.25) is 0 Å². The Morgan fingerprint density at radius 2 is 1.61 bits per heavy atom. The van der Waals surface area contributed by atoms with Crippen molar-refractivity contribution in [1.82, 2.24) is 9.55 Å². The summed E-state index contributed by atoms with van der Waals surface area (Å²) >= 11 is 0. The lowest BCUT2D eigenvalue weighted by Gasteiger charge is -2.11. The normalized spacial score (nSPS) is 11.9. The van der Waals surface area contributed by atoms with Gasteiger partial charge >= 0.3 is 0 Å². The number of hydrogen-bond donors (Lipinski definition) is 1. The summed E-state index contributed by atoms with van der Waals surface area (Å²) in [6.45, 7) is 7.30. The summed E-state index contributed by atoms with van der Waals surface area (Å²) in [4.78, 5) is 5.10. The number of rotatable bonds is 9. The standard InChI is InChI=1S/C27H31N3O2S/c1-4-19-30-26-8-6-5-7-25(26)28-27(30)18-11-21-9-14-23(15-10-21)29-33(31,32)24-16-12-22(13-17-24)20(2)3/h5-10,12-17,20,29H,4,11,18-19H2,1-3H3. The Morgan fingerprint density at radius 1 is 0.909 bits per heavy atom. The van der Waals surface area contributed by atoms with Crippen LogP contribution in [-0.2, 0) is 29.4 Å². The summed E-state index contributed by atoms with van der Waals surface area (Å²) < 4.78 is 30.5. The van der Waals surface area contributed by atoms with Gasteiger partial charge in [0.25, 0.3) is 10.0 Å². The van der Waals surface area contributed by atoms with Crippen molar-refractivity contribution < 1.29 is 8.42 Å². The molecular formula is C27H31N3O2S. The second-order valence-electron chi connectivity index (χ2n) is 8.69. The Balaban J connectivity index is 1.43. The number of anilines is 1. The Bertz CT molecular complexity index is 1320. The molecule has 1 heterocycles. The van der Waals surface area contributed by atoms with Gasteiger partial charge in [-0.3, -0.25) is 4.72 Å². The van der Waals surface area contributed by atoms with Gasteiger partial charge in [-0.1, -0.05) is 57.2 Å². The van der Waals surface area contributed by atoms with E-state index in [1.165, 1.54) is 5.52 Å². The van der Waals surface area contributed by atoms with Crippen LogP contribution >= 0.6 is 0 Å². The van der Waals surface area contributed by atoms with Crippen molar-refractivity contribution in [3.05, 3.63) is 89.7 Å². The highest BCUT2D eigenvalue weighted by Crippen LogP contribution is 2.21. The molecular weight excluding hydrogens is 430 g/mol. The first-order chi connectivity index (χ1) is 15.9. The number of aromatic nitrogens is 2. The molecule has 0 aliphatic rings. The molecule has 33 heavy (non-hydrogen) atoms. The number of nitrogens with one attached hydrogen (secondary N) is 1. The number of sulfonamides is 1. The van der Waals surface area contributed by atoms with Gasteiger partial charge in [0.05, 0.1) is 15.9 Å². The lowest BCUT2D eigenvalue weighted by molar-refractivity contribution is 0.601. The molecule has 5 nitrogen and oxygen atoms in total. The molecule has 0 aliphatic carbocycles. The summed E-state index contributed by atoms with van der Waals surface area (Å²) in [5, 5.41) is 0. The number of nitrogens with zero attached hydrogens (tertiary/aromatic N) is 2. The van der Waals surface area contributed by atoms with Crippen molar-refractivity contribution in [2.24, 2.45) is 0 Å². The fourth-order valence-electron chi connectivity index (χ4n) is 4.03. The minimum absolute atomic E-state index is 0.269. The predicted molar refractivity (Wildman–Crippen MR) is 135 cm³/mol. The Morgan fingerprint density at radius 3 is 2.27 bits per heavy atom. The highest BCUT2D eigenvalue weighted by Gasteiger charge is 2.15. The number of hydrogen-bond acceptors (Lipinski definition) is 3. The molecule has 3 aromatic carbocycles. The smallest absolute Gasteiger partial charge is 0.261 e. The molecule has 4 aromatic rings. The SMILES string of the molecule is CCCn1c(CCc2ccc(NS(=O)(=O)c3ccc(C(C)C)cc3)cc2)nc2ccccc21. The van der Waals surface area contributed by atoms with E-state index >= 15 is 0 Å². The van der Waals surface area contributed by atoms with Crippen LogP contribution in [0, 0.1) is 0 Å². The molecule has 4 rings (SSSR count). The quantitative estimate of drug-likeness (QED) is 0.325. The van der Waals surface area contributed by atoms with Gasteiger partial charge < -0.3 is 4.57 Å². The Kier molecular flexibility index (Phi) is 6.84. The minimum atomic E-state index is -3.61. The van der Waals surface area contributed by atoms with Crippen LogP contribution in [0.1, 0.15) is 50.1 Å². The summed E-state index contributed by atoms with van der Waals surface area (Å²) in [6, 6.07) is 22.9. The first kappa shape index (κ1) is 23.1. The summed E-state index contributed by atoms with van der Waals surface area (Å²) in [5.74, 6) is 1.45. The maximum absolute atomic E-state index is 12.7. The third kappa shape index (κ3) is 5.28. The second kappa shape index (κ2) is 9.79. The van der Waals surface area contributed by atoms with Crippen LogP contribution < -0.4 is 4.72 Å². The number of fused-ring (bicyclic) bond motifs is 1. The van der Waals surface area contributed by atoms with Crippen molar-refractivity contribution in [1.29, 1.82) is 0 Å². The molecule has 0 unspecified atom stereocenters. The van der Waals surface area contributed by atoms with Crippen LogP contribution in [0.4, 0.5) is 5.69 Å². The monoisotopic (exact) mass is 461 g/mol. The first-order valence-electron chi connectivity index (χ1n) is 11.5. The molecule has 0 radical (unpaired) electrons. The van der Waals surface area contributed by atoms with E-state index < -0.39 is 10.0 Å². The number of benzene rings is 3. The number of para-hydroxylation sites is 2. The van der Waals surface area contributed by atoms with Crippen LogP contribution in [0.25, 0.3) is 11.0 Å². The van der Waals surface area contributed by atoms with E-state index in [1.807, 2.05) is 42.5 Å². The summed E-state index contributed by atoms with van der Waals surface area (Å²) in [6.07, 6.45) is 2.74. The molecule has 0 amide bonds. The predicted octanol–water partition coefficient (Wildman–Crippen LogP) is 6.16. The largest absolute Gasteiger partial charge is 0.328 e. The van der Waals surface area contributed by atoms with Crippen LogP contribution in [0.5, 0.6) is 0 Å². The van der Waals surface area contributed by atoms with E-state index in [4.69, 9.17) is 4.98 Å². The second-order valence-corrected chi connectivity index (χ2v) is 10.4. The van der Waals surface area contributed by atoms with Gasteiger partial charge in [0, 0.05) is 18.7 Å². The van der Waals surface area contributed by atoms with Gasteiger partial charge in [-0.15, -0.1) is 0 Å². The molecule has 0 spiro atoms. The van der Waals surface area contributed by atoms with Gasteiger partial charge in [0.2, 0.25) is 0 Å². The molecule has 0 atom stereocenters. The van der Waals surface area contributed by atoms with Crippen molar-refractivity contribution >= 4 is 26.7 Å². The fraction of sp³-hybridized carbons (Fsp3) is 0.296. The topological polar surface area (TPSA) is 64.0 Å². The van der Waals surface area contributed by atoms with Crippen LogP contribution in [0.15, 0.2) is 77.7 Å². The lowest BCUT2D eigenvalue weighted by atomic mass is 10.0. The molecule has 0 bridgehead atoms. The minimum Gasteiger partial charge on any atom is -0.328 e. The summed E-state index contributed by atoms with van der Waals surface area (Å²) in [5.41, 5.74) is 5.04. The van der Waals surface area contributed by atoms with Gasteiger partial charge in [-0.05, 0) is 66.3 Å². The third-order valence-corrected chi connectivity index (χ3v) is 7.28. The van der Waals surface area contributed by atoms with Gasteiger partial charge in [0.1, 0.15) is 5.82 Å². The average molecular weight is 462 g/mol. The summed E-state index contributed by atoms with van der Waals surface area (Å²) in [7, 11) is -3.61. The molecule has 0 fully saturated rings. The molecule has 0 saturated heterocycles. The van der Waals surface area contributed by atoms with Crippen molar-refractivity contribution in [2.75, 3.05) is 4.72 Å². The Labute approximate surface area is 196 Å². The average Bonchev–Trinajstić information content (AvgIpc) is 3.16. The van der Waals surface area contributed by atoms with Gasteiger partial charge in [0.15, 0.2) is 0 Å². The van der Waals surface area contributed by atoms with Crippen molar-refractivity contribution in [3.63, 3.8) is 0 Å².